The summed E-state index contributed by atoms with van der Waals surface area (Å²) in [6, 6.07) is 0. The zero-order chi connectivity index (χ0) is 15.7. The molecule has 0 saturated heterocycles. The van der Waals surface area contributed by atoms with Crippen LogP contribution in [0.3, 0.4) is 0 Å². The number of Topliss-reactive ketones (excluding diaryl/α,β-unsaturated/α-hetero) is 1. The van der Waals surface area contributed by atoms with E-state index in [-0.39, 0.29) is 11.2 Å². The number of aliphatic hydroxyl groups is 1. The summed E-state index contributed by atoms with van der Waals surface area (Å²) in [6.45, 7) is 7.02. The van der Waals surface area contributed by atoms with Gasteiger partial charge in [0, 0.05) is 5.41 Å². The number of aliphatic hydroxyl groups excluding tert-OH is 1. The zero-order valence-corrected chi connectivity index (χ0v) is 14.3. The van der Waals surface area contributed by atoms with E-state index in [0.29, 0.717) is 23.7 Å². The Labute approximate surface area is 134 Å². The Kier molecular flexibility index (Phi) is 3.18. The molecule has 0 heterocycles. The van der Waals surface area contributed by atoms with Gasteiger partial charge in [-0.3, -0.25) is 4.79 Å². The molecule has 0 radical (unpaired) electrons. The van der Waals surface area contributed by atoms with Crippen molar-refractivity contribution in [2.24, 2.45) is 34.5 Å². The van der Waals surface area contributed by atoms with Crippen molar-refractivity contribution in [3.8, 4) is 0 Å². The van der Waals surface area contributed by atoms with Crippen LogP contribution < -0.4 is 0 Å². The van der Waals surface area contributed by atoms with Gasteiger partial charge in [0.1, 0.15) is 6.10 Å². The van der Waals surface area contributed by atoms with Crippen LogP contribution in [-0.2, 0) is 4.79 Å². The monoisotopic (exact) mass is 302 g/mol. The van der Waals surface area contributed by atoms with Gasteiger partial charge in [-0.25, -0.2) is 0 Å². The van der Waals surface area contributed by atoms with Crippen molar-refractivity contribution in [1.29, 1.82) is 0 Å². The Balaban J connectivity index is 1.70. The molecule has 4 aliphatic carbocycles. The lowest BCUT2D eigenvalue weighted by Crippen LogP contribution is -2.50. The Morgan fingerprint density at radius 1 is 1.14 bits per heavy atom. The van der Waals surface area contributed by atoms with Gasteiger partial charge in [0.2, 0.25) is 0 Å². The van der Waals surface area contributed by atoms with Crippen LogP contribution in [-0.4, -0.2) is 17.0 Å². The van der Waals surface area contributed by atoms with E-state index in [9.17, 15) is 9.90 Å². The van der Waals surface area contributed by atoms with Gasteiger partial charge in [-0.1, -0.05) is 32.4 Å². The van der Waals surface area contributed by atoms with Crippen molar-refractivity contribution in [3.63, 3.8) is 0 Å². The average molecular weight is 302 g/mol. The lowest BCUT2D eigenvalue weighted by atomic mass is 9.47. The number of allylic oxidation sites excluding steroid dienone is 2. The number of rotatable bonds is 0. The molecule has 22 heavy (non-hydrogen) atoms. The van der Waals surface area contributed by atoms with Crippen LogP contribution in [0.1, 0.15) is 65.7 Å². The fraction of sp³-hybridized carbons (Fsp3) is 0.850. The lowest BCUT2D eigenvalue weighted by molar-refractivity contribution is -0.136. The van der Waals surface area contributed by atoms with Crippen LogP contribution in [0, 0.1) is 34.5 Å². The molecule has 4 aliphatic rings. The van der Waals surface area contributed by atoms with Crippen LogP contribution in [0.2, 0.25) is 0 Å². The SMILES string of the molecule is CC1CC[C@@]2(C)C(=CC[C@@H]3[C@H]2CC[C@]2(C)C(=O)C(O)C[C@@H]32)C1. The summed E-state index contributed by atoms with van der Waals surface area (Å²) in [5, 5.41) is 10.2. The van der Waals surface area contributed by atoms with E-state index in [1.54, 1.807) is 5.57 Å². The Morgan fingerprint density at radius 3 is 2.64 bits per heavy atom. The maximum Gasteiger partial charge on any atom is 0.167 e. The Bertz CT molecular complexity index is 536. The van der Waals surface area contributed by atoms with E-state index in [2.05, 4.69) is 26.8 Å². The minimum Gasteiger partial charge on any atom is -0.385 e. The molecule has 2 nitrogen and oxygen atoms in total. The normalized spacial score (nSPS) is 54.3. The molecule has 0 amide bonds. The minimum atomic E-state index is -0.696. The number of hydrogen-bond donors (Lipinski definition) is 1. The van der Waals surface area contributed by atoms with Gasteiger partial charge in [0.15, 0.2) is 5.78 Å². The summed E-state index contributed by atoms with van der Waals surface area (Å²) in [5.41, 5.74) is 1.83. The molecule has 0 aliphatic heterocycles. The van der Waals surface area contributed by atoms with Crippen LogP contribution in [0.5, 0.6) is 0 Å². The lowest BCUT2D eigenvalue weighted by Gasteiger charge is -2.56. The first kappa shape index (κ1) is 14.9. The summed E-state index contributed by atoms with van der Waals surface area (Å²) >= 11 is 0. The Hall–Kier alpha value is -0.630. The van der Waals surface area contributed by atoms with Gasteiger partial charge in [-0.15, -0.1) is 0 Å². The fourth-order valence-corrected chi connectivity index (χ4v) is 6.63. The molecule has 0 spiro atoms. The third-order valence-electron chi connectivity index (χ3n) is 8.08. The van der Waals surface area contributed by atoms with Crippen molar-refractivity contribution >= 4 is 5.78 Å². The molecule has 1 N–H and O–H groups in total. The summed E-state index contributed by atoms with van der Waals surface area (Å²) in [7, 11) is 0. The standard InChI is InChI=1S/C20H30O2/c1-12-6-8-19(2)13(10-12)4-5-14-15(19)7-9-20(3)16(14)11-17(21)18(20)22/h4,12,14-17,21H,5-11H2,1-3H3/t12?,14-,15-,16+,17?,19+,20+/m1/s1. The highest BCUT2D eigenvalue weighted by Crippen LogP contribution is 2.64. The first-order valence-electron chi connectivity index (χ1n) is 9.28. The van der Waals surface area contributed by atoms with Crippen molar-refractivity contribution < 1.29 is 9.90 Å². The first-order chi connectivity index (χ1) is 10.4. The smallest absolute Gasteiger partial charge is 0.167 e. The maximum absolute atomic E-state index is 12.5. The summed E-state index contributed by atoms with van der Waals surface area (Å²) in [4.78, 5) is 12.5. The van der Waals surface area contributed by atoms with E-state index in [1.807, 2.05) is 0 Å². The number of ketones is 1. The Morgan fingerprint density at radius 2 is 1.86 bits per heavy atom. The van der Waals surface area contributed by atoms with Crippen molar-refractivity contribution in [2.75, 3.05) is 0 Å². The van der Waals surface area contributed by atoms with Crippen LogP contribution in [0.4, 0.5) is 0 Å². The predicted molar refractivity (Wildman–Crippen MR) is 87.3 cm³/mol. The molecular weight excluding hydrogens is 272 g/mol. The fourth-order valence-electron chi connectivity index (χ4n) is 6.63. The van der Waals surface area contributed by atoms with E-state index in [0.717, 1.165) is 24.7 Å². The molecule has 0 aromatic heterocycles. The number of carbonyl (C=O) groups is 1. The third kappa shape index (κ3) is 1.79. The number of hydrogen-bond acceptors (Lipinski definition) is 2. The first-order valence-corrected chi connectivity index (χ1v) is 9.28. The predicted octanol–water partition coefficient (Wildman–Crippen LogP) is 4.13. The van der Waals surface area contributed by atoms with E-state index < -0.39 is 6.10 Å². The quantitative estimate of drug-likeness (QED) is 0.683. The number of carbonyl (C=O) groups excluding carboxylic acids is 1. The van der Waals surface area contributed by atoms with E-state index >= 15 is 0 Å². The minimum absolute atomic E-state index is 0.133. The van der Waals surface area contributed by atoms with Crippen molar-refractivity contribution in [1.82, 2.24) is 0 Å². The summed E-state index contributed by atoms with van der Waals surface area (Å²) < 4.78 is 0. The molecule has 4 rings (SSSR count). The van der Waals surface area contributed by atoms with E-state index in [1.165, 1.54) is 25.7 Å². The van der Waals surface area contributed by atoms with Gasteiger partial charge in [-0.05, 0) is 74.0 Å². The highest BCUT2D eigenvalue weighted by molar-refractivity contribution is 5.91. The highest BCUT2D eigenvalue weighted by Gasteiger charge is 2.60. The second kappa shape index (κ2) is 4.69. The molecule has 3 fully saturated rings. The molecule has 7 atom stereocenters. The average Bonchev–Trinajstić information content (AvgIpc) is 2.72. The molecule has 0 bridgehead atoms. The molecular formula is C20H30O2. The van der Waals surface area contributed by atoms with Crippen LogP contribution in [0.15, 0.2) is 11.6 Å². The van der Waals surface area contributed by atoms with Crippen LogP contribution >= 0.6 is 0 Å². The van der Waals surface area contributed by atoms with Crippen molar-refractivity contribution in [3.05, 3.63) is 11.6 Å². The zero-order valence-electron chi connectivity index (χ0n) is 14.3. The topological polar surface area (TPSA) is 37.3 Å². The second-order valence-electron chi connectivity index (χ2n) is 9.18. The highest BCUT2D eigenvalue weighted by atomic mass is 16.3. The van der Waals surface area contributed by atoms with Gasteiger partial charge in [0.25, 0.3) is 0 Å². The van der Waals surface area contributed by atoms with Crippen LogP contribution in [0.25, 0.3) is 0 Å². The summed E-state index contributed by atoms with van der Waals surface area (Å²) in [5.74, 6) is 2.72. The molecule has 3 saturated carbocycles. The maximum atomic E-state index is 12.5. The van der Waals surface area contributed by atoms with Gasteiger partial charge >= 0.3 is 0 Å². The molecule has 122 valence electrons. The molecule has 0 aromatic rings. The molecule has 2 heteroatoms. The molecule has 2 unspecified atom stereocenters. The van der Waals surface area contributed by atoms with Gasteiger partial charge in [0.05, 0.1) is 0 Å². The van der Waals surface area contributed by atoms with E-state index in [4.69, 9.17) is 0 Å². The van der Waals surface area contributed by atoms with Crippen molar-refractivity contribution in [2.45, 2.75) is 71.8 Å². The van der Waals surface area contributed by atoms with Gasteiger partial charge in [-0.2, -0.15) is 0 Å². The largest absolute Gasteiger partial charge is 0.385 e. The van der Waals surface area contributed by atoms with Gasteiger partial charge < -0.3 is 5.11 Å². The summed E-state index contributed by atoms with van der Waals surface area (Å²) in [6.07, 6.45) is 9.81. The second-order valence-corrected chi connectivity index (χ2v) is 9.18. The third-order valence-corrected chi connectivity index (χ3v) is 8.08. The molecule has 0 aromatic carbocycles. The number of fused-ring (bicyclic) bond motifs is 5.